The minimum Gasteiger partial charge on any atom is -0.491 e. The van der Waals surface area contributed by atoms with Crippen LogP contribution in [0.4, 0.5) is 11.4 Å². The van der Waals surface area contributed by atoms with Crippen LogP contribution in [0.2, 0.25) is 0 Å². The van der Waals surface area contributed by atoms with Crippen LogP contribution in [-0.4, -0.2) is 26.2 Å². The van der Waals surface area contributed by atoms with Gasteiger partial charge in [-0.2, -0.15) is 0 Å². The molecule has 0 spiro atoms. The normalized spacial score (nSPS) is 10.3. The highest BCUT2D eigenvalue weighted by Crippen LogP contribution is 2.18. The van der Waals surface area contributed by atoms with Crippen LogP contribution >= 0.6 is 0 Å². The number of carbonyl (C=O) groups excluding carboxylic acids is 1. The van der Waals surface area contributed by atoms with E-state index in [1.807, 2.05) is 42.5 Å². The number of aryl methyl sites for hydroxylation is 1. The smallest absolute Gasteiger partial charge is 0.224 e. The molecule has 5 nitrogen and oxygen atoms in total. The fourth-order valence-electron chi connectivity index (χ4n) is 2.07. The summed E-state index contributed by atoms with van der Waals surface area (Å²) in [6.45, 7) is 1.00. The Morgan fingerprint density at radius 1 is 1.13 bits per heavy atom. The van der Waals surface area contributed by atoms with Crippen molar-refractivity contribution in [1.29, 1.82) is 0 Å². The predicted octanol–water partition coefficient (Wildman–Crippen LogP) is 2.87. The van der Waals surface area contributed by atoms with Crippen LogP contribution in [0.5, 0.6) is 5.75 Å². The molecule has 2 rings (SSSR count). The number of nitrogens with one attached hydrogen (secondary N) is 1. The maximum absolute atomic E-state index is 12.0. The Hall–Kier alpha value is -2.53. The second kappa shape index (κ2) is 8.80. The lowest BCUT2D eigenvalue weighted by molar-refractivity contribution is -0.116. The molecule has 5 heteroatoms. The summed E-state index contributed by atoms with van der Waals surface area (Å²) in [6, 6.07) is 14.9. The van der Waals surface area contributed by atoms with Gasteiger partial charge in [0.2, 0.25) is 5.91 Å². The Morgan fingerprint density at radius 2 is 1.91 bits per heavy atom. The number of anilines is 2. The first-order valence-electron chi connectivity index (χ1n) is 7.53. The molecular formula is C18H22N2O3. The molecule has 2 aromatic rings. The number of benzene rings is 2. The molecule has 122 valence electrons. The lowest BCUT2D eigenvalue weighted by atomic mass is 10.1. The SMILES string of the molecule is COCCOc1cccc(NC(=O)CCc2ccc(N)cc2)c1. The van der Waals surface area contributed by atoms with Gasteiger partial charge in [-0.15, -0.1) is 0 Å². The van der Waals surface area contributed by atoms with Crippen molar-refractivity contribution in [3.63, 3.8) is 0 Å². The van der Waals surface area contributed by atoms with Gasteiger partial charge in [0.25, 0.3) is 0 Å². The van der Waals surface area contributed by atoms with E-state index in [4.69, 9.17) is 15.2 Å². The largest absolute Gasteiger partial charge is 0.491 e. The van der Waals surface area contributed by atoms with Crippen LogP contribution in [0.15, 0.2) is 48.5 Å². The Labute approximate surface area is 136 Å². The zero-order valence-electron chi connectivity index (χ0n) is 13.2. The van der Waals surface area contributed by atoms with Gasteiger partial charge in [-0.25, -0.2) is 0 Å². The fourth-order valence-corrected chi connectivity index (χ4v) is 2.07. The van der Waals surface area contributed by atoms with Crippen molar-refractivity contribution in [2.45, 2.75) is 12.8 Å². The van der Waals surface area contributed by atoms with E-state index >= 15 is 0 Å². The number of hydrogen-bond donors (Lipinski definition) is 2. The molecule has 0 saturated carbocycles. The molecule has 0 atom stereocenters. The summed E-state index contributed by atoms with van der Waals surface area (Å²) in [7, 11) is 1.63. The first kappa shape index (κ1) is 16.8. The van der Waals surface area contributed by atoms with Crippen molar-refractivity contribution in [3.8, 4) is 5.75 Å². The number of rotatable bonds is 8. The maximum atomic E-state index is 12.0. The highest BCUT2D eigenvalue weighted by Gasteiger charge is 2.04. The van der Waals surface area contributed by atoms with Crippen molar-refractivity contribution in [2.24, 2.45) is 0 Å². The molecule has 0 heterocycles. The number of ether oxygens (including phenoxy) is 2. The Kier molecular flexibility index (Phi) is 6.44. The third kappa shape index (κ3) is 6.00. The van der Waals surface area contributed by atoms with Crippen molar-refractivity contribution in [3.05, 3.63) is 54.1 Å². The van der Waals surface area contributed by atoms with Crippen molar-refractivity contribution < 1.29 is 14.3 Å². The lowest BCUT2D eigenvalue weighted by Gasteiger charge is -2.09. The van der Waals surface area contributed by atoms with Crippen molar-refractivity contribution >= 4 is 17.3 Å². The molecule has 0 aliphatic heterocycles. The minimum atomic E-state index is -0.0316. The van der Waals surface area contributed by atoms with Crippen LogP contribution in [0.3, 0.4) is 0 Å². The molecule has 0 fully saturated rings. The molecule has 0 aromatic heterocycles. The fraction of sp³-hybridized carbons (Fsp3) is 0.278. The Morgan fingerprint density at radius 3 is 2.65 bits per heavy atom. The van der Waals surface area contributed by atoms with Gasteiger partial charge in [-0.1, -0.05) is 18.2 Å². The van der Waals surface area contributed by atoms with Gasteiger partial charge in [0.1, 0.15) is 12.4 Å². The van der Waals surface area contributed by atoms with Gasteiger partial charge in [0, 0.05) is 31.0 Å². The second-order valence-corrected chi connectivity index (χ2v) is 5.16. The standard InChI is InChI=1S/C18H22N2O3/c1-22-11-12-23-17-4-2-3-16(13-17)20-18(21)10-7-14-5-8-15(19)9-6-14/h2-6,8-9,13H,7,10-12,19H2,1H3,(H,20,21). The van der Waals surface area contributed by atoms with E-state index in [2.05, 4.69) is 5.32 Å². The zero-order chi connectivity index (χ0) is 16.5. The number of carbonyl (C=O) groups is 1. The van der Waals surface area contributed by atoms with E-state index in [-0.39, 0.29) is 5.91 Å². The zero-order valence-corrected chi connectivity index (χ0v) is 13.2. The summed E-state index contributed by atoms with van der Waals surface area (Å²) in [5.74, 6) is 0.675. The summed E-state index contributed by atoms with van der Waals surface area (Å²) in [5.41, 5.74) is 8.18. The molecule has 0 aliphatic carbocycles. The first-order chi connectivity index (χ1) is 11.2. The summed E-state index contributed by atoms with van der Waals surface area (Å²) in [5, 5.41) is 2.88. The topological polar surface area (TPSA) is 73.6 Å². The average molecular weight is 314 g/mol. The minimum absolute atomic E-state index is 0.0316. The number of methoxy groups -OCH3 is 1. The van der Waals surface area contributed by atoms with Gasteiger partial charge in [-0.3, -0.25) is 4.79 Å². The molecular weight excluding hydrogens is 292 g/mol. The molecule has 1 amide bonds. The van der Waals surface area contributed by atoms with Crippen LogP contribution in [0.1, 0.15) is 12.0 Å². The highest BCUT2D eigenvalue weighted by molar-refractivity contribution is 5.91. The van der Waals surface area contributed by atoms with Gasteiger partial charge >= 0.3 is 0 Å². The third-order valence-corrected chi connectivity index (χ3v) is 3.29. The van der Waals surface area contributed by atoms with Crippen LogP contribution in [0.25, 0.3) is 0 Å². The summed E-state index contributed by atoms with van der Waals surface area (Å²) in [4.78, 5) is 12.0. The predicted molar refractivity (Wildman–Crippen MR) is 91.6 cm³/mol. The molecule has 3 N–H and O–H groups in total. The molecule has 0 saturated heterocycles. The molecule has 23 heavy (non-hydrogen) atoms. The number of nitrogens with two attached hydrogens (primary N) is 1. The van der Waals surface area contributed by atoms with Gasteiger partial charge < -0.3 is 20.5 Å². The average Bonchev–Trinajstić information content (AvgIpc) is 2.55. The number of nitrogen functional groups attached to an aromatic ring is 1. The van der Waals surface area contributed by atoms with Crippen LogP contribution in [-0.2, 0) is 16.0 Å². The molecule has 0 radical (unpaired) electrons. The van der Waals surface area contributed by atoms with E-state index in [9.17, 15) is 4.79 Å². The van der Waals surface area contributed by atoms with E-state index < -0.39 is 0 Å². The van der Waals surface area contributed by atoms with Crippen molar-refractivity contribution in [2.75, 3.05) is 31.4 Å². The first-order valence-corrected chi connectivity index (χ1v) is 7.53. The maximum Gasteiger partial charge on any atom is 0.224 e. The highest BCUT2D eigenvalue weighted by atomic mass is 16.5. The quantitative estimate of drug-likeness (QED) is 0.580. The Bertz CT molecular complexity index is 626. The van der Waals surface area contributed by atoms with E-state index in [1.54, 1.807) is 13.2 Å². The van der Waals surface area contributed by atoms with Gasteiger partial charge in [0.15, 0.2) is 0 Å². The molecule has 0 aliphatic rings. The summed E-state index contributed by atoms with van der Waals surface area (Å²) < 4.78 is 10.5. The van der Waals surface area contributed by atoms with Gasteiger partial charge in [0.05, 0.1) is 6.61 Å². The monoisotopic (exact) mass is 314 g/mol. The van der Waals surface area contributed by atoms with Crippen molar-refractivity contribution in [1.82, 2.24) is 0 Å². The Balaban J connectivity index is 1.82. The molecule has 0 bridgehead atoms. The van der Waals surface area contributed by atoms with E-state index in [1.165, 1.54) is 0 Å². The summed E-state index contributed by atoms with van der Waals surface area (Å²) >= 11 is 0. The van der Waals surface area contributed by atoms with Crippen LogP contribution in [0, 0.1) is 0 Å². The molecule has 2 aromatic carbocycles. The van der Waals surface area contributed by atoms with E-state index in [0.717, 1.165) is 16.9 Å². The second-order valence-electron chi connectivity index (χ2n) is 5.16. The lowest BCUT2D eigenvalue weighted by Crippen LogP contribution is -2.12. The summed E-state index contributed by atoms with van der Waals surface area (Å²) in [6.07, 6.45) is 1.09. The van der Waals surface area contributed by atoms with Crippen LogP contribution < -0.4 is 15.8 Å². The number of hydrogen-bond acceptors (Lipinski definition) is 4. The third-order valence-electron chi connectivity index (χ3n) is 3.29. The number of amides is 1. The molecule has 0 unspecified atom stereocenters. The van der Waals surface area contributed by atoms with E-state index in [0.29, 0.717) is 31.8 Å². The van der Waals surface area contributed by atoms with Gasteiger partial charge in [-0.05, 0) is 36.2 Å².